The summed E-state index contributed by atoms with van der Waals surface area (Å²) in [6.45, 7) is 0.340. The SMILES string of the molecule is CNC(=O)c1cccc(CNC(=O)c2cccc3c2ncn3C)c1. The molecule has 6 nitrogen and oxygen atoms in total. The van der Waals surface area contributed by atoms with Crippen LogP contribution in [0.25, 0.3) is 11.0 Å². The summed E-state index contributed by atoms with van der Waals surface area (Å²) < 4.78 is 1.87. The number of amides is 2. The van der Waals surface area contributed by atoms with Crippen molar-refractivity contribution in [2.45, 2.75) is 6.54 Å². The van der Waals surface area contributed by atoms with Crippen molar-refractivity contribution in [1.82, 2.24) is 20.2 Å². The Bertz CT molecular complexity index is 914. The van der Waals surface area contributed by atoms with Gasteiger partial charge in [0, 0.05) is 26.2 Å². The molecule has 3 aromatic rings. The lowest BCUT2D eigenvalue weighted by Gasteiger charge is -2.08. The van der Waals surface area contributed by atoms with Crippen LogP contribution in [0.3, 0.4) is 0 Å². The van der Waals surface area contributed by atoms with Crippen molar-refractivity contribution in [3.05, 3.63) is 65.5 Å². The molecule has 0 aliphatic carbocycles. The average molecular weight is 322 g/mol. The Morgan fingerprint density at radius 1 is 1.12 bits per heavy atom. The molecule has 1 heterocycles. The van der Waals surface area contributed by atoms with E-state index in [1.807, 2.05) is 29.8 Å². The largest absolute Gasteiger partial charge is 0.355 e. The zero-order valence-electron chi connectivity index (χ0n) is 13.5. The number of benzene rings is 2. The number of hydrogen-bond donors (Lipinski definition) is 2. The molecule has 2 aromatic carbocycles. The van der Waals surface area contributed by atoms with Gasteiger partial charge in [-0.2, -0.15) is 0 Å². The first-order valence-electron chi connectivity index (χ1n) is 7.59. The Labute approximate surface area is 139 Å². The third-order valence-electron chi connectivity index (χ3n) is 3.87. The summed E-state index contributed by atoms with van der Waals surface area (Å²) in [5.41, 5.74) is 3.55. The van der Waals surface area contributed by atoms with E-state index in [0.29, 0.717) is 23.2 Å². The van der Waals surface area contributed by atoms with Crippen LogP contribution in [0.5, 0.6) is 0 Å². The third-order valence-corrected chi connectivity index (χ3v) is 3.87. The maximum atomic E-state index is 12.5. The zero-order chi connectivity index (χ0) is 17.1. The van der Waals surface area contributed by atoms with Crippen LogP contribution in [-0.2, 0) is 13.6 Å². The van der Waals surface area contributed by atoms with Crippen LogP contribution >= 0.6 is 0 Å². The summed E-state index contributed by atoms with van der Waals surface area (Å²) in [4.78, 5) is 28.4. The van der Waals surface area contributed by atoms with Crippen molar-refractivity contribution in [2.75, 3.05) is 7.05 Å². The summed E-state index contributed by atoms with van der Waals surface area (Å²) in [5, 5.41) is 5.47. The summed E-state index contributed by atoms with van der Waals surface area (Å²) in [5.74, 6) is -0.342. The average Bonchev–Trinajstić information content (AvgIpc) is 3.00. The fraction of sp³-hybridized carbons (Fsp3) is 0.167. The number of imidazole rings is 1. The molecule has 2 N–H and O–H groups in total. The Kier molecular flexibility index (Phi) is 4.29. The number of aryl methyl sites for hydroxylation is 1. The van der Waals surface area contributed by atoms with Gasteiger partial charge in [-0.05, 0) is 29.8 Å². The number of rotatable bonds is 4. The number of carbonyl (C=O) groups is 2. The quantitative estimate of drug-likeness (QED) is 0.770. The lowest BCUT2D eigenvalue weighted by atomic mass is 10.1. The number of carbonyl (C=O) groups excluding carboxylic acids is 2. The van der Waals surface area contributed by atoms with E-state index in [1.165, 1.54) is 0 Å². The van der Waals surface area contributed by atoms with Gasteiger partial charge in [-0.25, -0.2) is 4.98 Å². The smallest absolute Gasteiger partial charge is 0.253 e. The van der Waals surface area contributed by atoms with Crippen molar-refractivity contribution >= 4 is 22.8 Å². The summed E-state index contributed by atoms with van der Waals surface area (Å²) in [7, 11) is 3.48. The van der Waals surface area contributed by atoms with Crippen LogP contribution < -0.4 is 10.6 Å². The predicted octanol–water partition coefficient (Wildman–Crippen LogP) is 1.86. The number of para-hydroxylation sites is 1. The first-order chi connectivity index (χ1) is 11.6. The Morgan fingerprint density at radius 3 is 2.71 bits per heavy atom. The Balaban J connectivity index is 1.77. The molecule has 0 bridgehead atoms. The molecule has 0 fully saturated rings. The number of nitrogens with zero attached hydrogens (tertiary/aromatic N) is 2. The van der Waals surface area contributed by atoms with E-state index in [1.54, 1.807) is 37.6 Å². The maximum Gasteiger partial charge on any atom is 0.253 e. The highest BCUT2D eigenvalue weighted by Crippen LogP contribution is 2.16. The minimum Gasteiger partial charge on any atom is -0.355 e. The molecular weight excluding hydrogens is 304 g/mol. The molecule has 0 aliphatic rings. The van der Waals surface area contributed by atoms with E-state index in [0.717, 1.165) is 11.1 Å². The van der Waals surface area contributed by atoms with Crippen molar-refractivity contribution in [3.63, 3.8) is 0 Å². The predicted molar refractivity (Wildman–Crippen MR) is 91.7 cm³/mol. The van der Waals surface area contributed by atoms with E-state index < -0.39 is 0 Å². The van der Waals surface area contributed by atoms with Gasteiger partial charge >= 0.3 is 0 Å². The molecule has 2 amide bonds. The standard InChI is InChI=1S/C18H18N4O2/c1-19-17(23)13-6-3-5-12(9-13)10-20-18(24)14-7-4-8-15-16(14)21-11-22(15)2/h3-9,11H,10H2,1-2H3,(H,19,23)(H,20,24). The highest BCUT2D eigenvalue weighted by atomic mass is 16.2. The second-order valence-corrected chi connectivity index (χ2v) is 5.49. The van der Waals surface area contributed by atoms with Crippen LogP contribution in [0.1, 0.15) is 26.3 Å². The molecule has 0 unspecified atom stereocenters. The Morgan fingerprint density at radius 2 is 1.92 bits per heavy atom. The second-order valence-electron chi connectivity index (χ2n) is 5.49. The topological polar surface area (TPSA) is 76.0 Å². The summed E-state index contributed by atoms with van der Waals surface area (Å²) >= 11 is 0. The van der Waals surface area contributed by atoms with Gasteiger partial charge in [0.2, 0.25) is 0 Å². The van der Waals surface area contributed by atoms with Crippen LogP contribution in [0.15, 0.2) is 48.8 Å². The molecule has 0 radical (unpaired) electrons. The van der Waals surface area contributed by atoms with Gasteiger partial charge in [0.05, 0.1) is 17.4 Å². The highest BCUT2D eigenvalue weighted by Gasteiger charge is 2.13. The monoisotopic (exact) mass is 322 g/mol. The van der Waals surface area contributed by atoms with Crippen LogP contribution in [-0.4, -0.2) is 28.4 Å². The number of aromatic nitrogens is 2. The normalized spacial score (nSPS) is 10.6. The molecule has 3 rings (SSSR count). The highest BCUT2D eigenvalue weighted by molar-refractivity contribution is 6.04. The molecule has 0 spiro atoms. The maximum absolute atomic E-state index is 12.5. The Hall–Kier alpha value is -3.15. The van der Waals surface area contributed by atoms with E-state index in [4.69, 9.17) is 0 Å². The van der Waals surface area contributed by atoms with Crippen LogP contribution in [0.2, 0.25) is 0 Å². The second kappa shape index (κ2) is 6.54. The van der Waals surface area contributed by atoms with E-state index in [-0.39, 0.29) is 11.8 Å². The minimum atomic E-state index is -0.190. The van der Waals surface area contributed by atoms with Crippen molar-refractivity contribution in [3.8, 4) is 0 Å². The third kappa shape index (κ3) is 2.99. The summed E-state index contributed by atoms with van der Waals surface area (Å²) in [6, 6.07) is 12.7. The number of nitrogens with one attached hydrogen (secondary N) is 2. The lowest BCUT2D eigenvalue weighted by molar-refractivity contribution is 0.0950. The van der Waals surface area contributed by atoms with Crippen molar-refractivity contribution in [2.24, 2.45) is 7.05 Å². The molecule has 0 saturated heterocycles. The molecule has 24 heavy (non-hydrogen) atoms. The first kappa shape index (κ1) is 15.7. The van der Waals surface area contributed by atoms with Gasteiger partial charge in [0.15, 0.2) is 0 Å². The molecule has 6 heteroatoms. The van der Waals surface area contributed by atoms with Gasteiger partial charge < -0.3 is 15.2 Å². The molecule has 0 atom stereocenters. The zero-order valence-corrected chi connectivity index (χ0v) is 13.5. The first-order valence-corrected chi connectivity index (χ1v) is 7.59. The van der Waals surface area contributed by atoms with Gasteiger partial charge in [0.25, 0.3) is 11.8 Å². The fourth-order valence-corrected chi connectivity index (χ4v) is 2.59. The minimum absolute atomic E-state index is 0.151. The number of fused-ring (bicyclic) bond motifs is 1. The molecular formula is C18H18N4O2. The van der Waals surface area contributed by atoms with E-state index >= 15 is 0 Å². The lowest BCUT2D eigenvalue weighted by Crippen LogP contribution is -2.23. The molecule has 0 saturated carbocycles. The van der Waals surface area contributed by atoms with Crippen LogP contribution in [0.4, 0.5) is 0 Å². The van der Waals surface area contributed by atoms with Crippen LogP contribution in [0, 0.1) is 0 Å². The molecule has 1 aromatic heterocycles. The van der Waals surface area contributed by atoms with Gasteiger partial charge in [-0.15, -0.1) is 0 Å². The van der Waals surface area contributed by atoms with Crippen molar-refractivity contribution < 1.29 is 9.59 Å². The van der Waals surface area contributed by atoms with E-state index in [9.17, 15) is 9.59 Å². The van der Waals surface area contributed by atoms with E-state index in [2.05, 4.69) is 15.6 Å². The van der Waals surface area contributed by atoms with Crippen molar-refractivity contribution in [1.29, 1.82) is 0 Å². The molecule has 0 aliphatic heterocycles. The van der Waals surface area contributed by atoms with Gasteiger partial charge in [-0.1, -0.05) is 18.2 Å². The van der Waals surface area contributed by atoms with Gasteiger partial charge in [-0.3, -0.25) is 9.59 Å². The summed E-state index contributed by atoms with van der Waals surface area (Å²) in [6.07, 6.45) is 1.69. The fourth-order valence-electron chi connectivity index (χ4n) is 2.59. The molecule has 122 valence electrons. The number of hydrogen-bond acceptors (Lipinski definition) is 3. The van der Waals surface area contributed by atoms with Gasteiger partial charge in [0.1, 0.15) is 5.52 Å².